The maximum Gasteiger partial charge on any atom is 0.264 e. The van der Waals surface area contributed by atoms with Gasteiger partial charge in [0, 0.05) is 0 Å². The smallest absolute Gasteiger partial charge is 0.264 e. The molecule has 0 aromatic heterocycles. The van der Waals surface area contributed by atoms with Gasteiger partial charge in [-0.1, -0.05) is 24.3 Å². The van der Waals surface area contributed by atoms with Gasteiger partial charge in [-0.3, -0.25) is 4.79 Å². The fraction of sp³-hybridized carbons (Fsp3) is 0.111. The number of amidine groups is 1. The van der Waals surface area contributed by atoms with E-state index in [-0.39, 0.29) is 11.7 Å². The number of amides is 1. The van der Waals surface area contributed by atoms with Crippen molar-refractivity contribution in [3.05, 3.63) is 69.9 Å². The molecule has 0 aliphatic carbocycles. The summed E-state index contributed by atoms with van der Waals surface area (Å²) in [6, 6.07) is 11.9. The van der Waals surface area contributed by atoms with Gasteiger partial charge in [0.25, 0.3) is 5.91 Å². The molecule has 1 amide bonds. The normalized spacial score (nSPS) is 17.8. The van der Waals surface area contributed by atoms with Crippen LogP contribution in [-0.4, -0.2) is 11.1 Å². The van der Waals surface area contributed by atoms with Crippen molar-refractivity contribution >= 4 is 34.6 Å². The van der Waals surface area contributed by atoms with Gasteiger partial charge in [0.05, 0.1) is 10.6 Å². The minimum atomic E-state index is -0.298. The first kappa shape index (κ1) is 15.5. The van der Waals surface area contributed by atoms with E-state index in [2.05, 4.69) is 10.3 Å². The molecule has 116 valence electrons. The molecule has 1 aliphatic heterocycles. The van der Waals surface area contributed by atoms with Gasteiger partial charge >= 0.3 is 0 Å². The van der Waals surface area contributed by atoms with Gasteiger partial charge in [0.2, 0.25) is 0 Å². The van der Waals surface area contributed by atoms with Crippen molar-refractivity contribution in [2.75, 3.05) is 0 Å². The van der Waals surface area contributed by atoms with Gasteiger partial charge < -0.3 is 5.32 Å². The Hall–Kier alpha value is -2.40. The molecule has 0 spiro atoms. The highest BCUT2D eigenvalue weighted by molar-refractivity contribution is 8.18. The Balaban J connectivity index is 1.86. The molecule has 0 bridgehead atoms. The predicted octanol–water partition coefficient (Wildman–Crippen LogP) is 4.33. The number of aryl methyl sites for hydroxylation is 1. The lowest BCUT2D eigenvalue weighted by Crippen LogP contribution is -2.19. The number of nitrogens with one attached hydrogen (secondary N) is 1. The van der Waals surface area contributed by atoms with Crippen molar-refractivity contribution in [1.82, 2.24) is 5.32 Å². The van der Waals surface area contributed by atoms with Crippen LogP contribution in [-0.2, 0) is 4.79 Å². The summed E-state index contributed by atoms with van der Waals surface area (Å²) in [6.07, 6.45) is 1.73. The summed E-state index contributed by atoms with van der Waals surface area (Å²) in [4.78, 5) is 17.1. The van der Waals surface area contributed by atoms with Gasteiger partial charge in [-0.15, -0.1) is 0 Å². The number of benzene rings is 2. The van der Waals surface area contributed by atoms with Crippen molar-refractivity contribution in [3.8, 4) is 0 Å². The lowest BCUT2D eigenvalue weighted by atomic mass is 10.1. The number of aliphatic imine (C=N–C) groups is 1. The number of rotatable bonds is 2. The molecule has 0 atom stereocenters. The van der Waals surface area contributed by atoms with Crippen LogP contribution in [0.15, 0.2) is 52.4 Å². The van der Waals surface area contributed by atoms with Crippen LogP contribution in [0.3, 0.4) is 0 Å². The van der Waals surface area contributed by atoms with Crippen molar-refractivity contribution in [2.24, 2.45) is 4.99 Å². The quantitative estimate of drug-likeness (QED) is 0.834. The third kappa shape index (κ3) is 3.51. The van der Waals surface area contributed by atoms with Crippen molar-refractivity contribution in [1.29, 1.82) is 0 Å². The second-order valence-electron chi connectivity index (χ2n) is 5.25. The van der Waals surface area contributed by atoms with E-state index in [1.807, 2.05) is 32.0 Å². The van der Waals surface area contributed by atoms with Gasteiger partial charge in [-0.2, -0.15) is 0 Å². The Labute approximate surface area is 138 Å². The van der Waals surface area contributed by atoms with Gasteiger partial charge in [0.1, 0.15) is 5.82 Å². The zero-order chi connectivity index (χ0) is 16.4. The number of thioether (sulfide) groups is 1. The van der Waals surface area contributed by atoms with Gasteiger partial charge in [-0.25, -0.2) is 9.38 Å². The highest BCUT2D eigenvalue weighted by Crippen LogP contribution is 2.29. The number of nitrogens with zero attached hydrogens (tertiary/aromatic N) is 1. The topological polar surface area (TPSA) is 41.5 Å². The maximum atomic E-state index is 12.9. The summed E-state index contributed by atoms with van der Waals surface area (Å²) in [7, 11) is 0. The van der Waals surface area contributed by atoms with E-state index < -0.39 is 0 Å². The molecule has 2 aromatic carbocycles. The number of carbonyl (C=O) groups is 1. The average molecular weight is 326 g/mol. The lowest BCUT2D eigenvalue weighted by Gasteiger charge is -2.04. The molecular weight excluding hydrogens is 311 g/mol. The Morgan fingerprint density at radius 3 is 2.61 bits per heavy atom. The molecule has 1 aliphatic rings. The van der Waals surface area contributed by atoms with Crippen LogP contribution in [0.1, 0.15) is 16.7 Å². The van der Waals surface area contributed by atoms with E-state index in [1.165, 1.54) is 23.9 Å². The first-order valence-corrected chi connectivity index (χ1v) is 7.96. The summed E-state index contributed by atoms with van der Waals surface area (Å²) in [5, 5.41) is 3.32. The molecule has 3 nitrogen and oxygen atoms in total. The van der Waals surface area contributed by atoms with Crippen LogP contribution in [0.5, 0.6) is 0 Å². The van der Waals surface area contributed by atoms with E-state index in [0.29, 0.717) is 10.1 Å². The second kappa shape index (κ2) is 6.38. The molecule has 1 fully saturated rings. The zero-order valence-electron chi connectivity index (χ0n) is 12.8. The SMILES string of the molecule is Cc1cccc(N=C2NC(=O)/C(=C\c3ccc(F)cc3)S2)c1C. The molecule has 2 aromatic rings. The number of carbonyl (C=O) groups excluding carboxylic acids is 1. The predicted molar refractivity (Wildman–Crippen MR) is 93.1 cm³/mol. The molecule has 0 unspecified atom stereocenters. The Kier molecular flexibility index (Phi) is 4.30. The summed E-state index contributed by atoms with van der Waals surface area (Å²) in [5.41, 5.74) is 3.86. The fourth-order valence-electron chi connectivity index (χ4n) is 2.16. The van der Waals surface area contributed by atoms with Crippen LogP contribution in [0.25, 0.3) is 6.08 Å². The fourth-order valence-corrected chi connectivity index (χ4v) is 2.99. The molecule has 1 N–H and O–H groups in total. The molecule has 0 saturated carbocycles. The second-order valence-corrected chi connectivity index (χ2v) is 6.28. The monoisotopic (exact) mass is 326 g/mol. The molecule has 23 heavy (non-hydrogen) atoms. The molecule has 1 saturated heterocycles. The molecule has 3 rings (SSSR count). The first-order chi connectivity index (χ1) is 11.0. The van der Waals surface area contributed by atoms with Crippen molar-refractivity contribution in [3.63, 3.8) is 0 Å². The Morgan fingerprint density at radius 2 is 1.87 bits per heavy atom. The summed E-state index contributed by atoms with van der Waals surface area (Å²) < 4.78 is 12.9. The largest absolute Gasteiger partial charge is 0.300 e. The molecule has 0 radical (unpaired) electrons. The Morgan fingerprint density at radius 1 is 1.13 bits per heavy atom. The van der Waals surface area contributed by atoms with Crippen LogP contribution in [0.2, 0.25) is 0 Å². The summed E-state index contributed by atoms with van der Waals surface area (Å²) in [6.45, 7) is 4.03. The minimum absolute atomic E-state index is 0.191. The van der Waals surface area contributed by atoms with Crippen molar-refractivity contribution in [2.45, 2.75) is 13.8 Å². The van der Waals surface area contributed by atoms with Crippen molar-refractivity contribution < 1.29 is 9.18 Å². The molecule has 5 heteroatoms. The summed E-state index contributed by atoms with van der Waals surface area (Å²) in [5.74, 6) is -0.490. The number of hydrogen-bond donors (Lipinski definition) is 1. The van der Waals surface area contributed by atoms with E-state index in [9.17, 15) is 9.18 Å². The van der Waals surface area contributed by atoms with E-state index >= 15 is 0 Å². The minimum Gasteiger partial charge on any atom is -0.300 e. The summed E-state index contributed by atoms with van der Waals surface area (Å²) >= 11 is 1.28. The molecule has 1 heterocycles. The lowest BCUT2D eigenvalue weighted by molar-refractivity contribution is -0.115. The van der Waals surface area contributed by atoms with Crippen LogP contribution < -0.4 is 5.32 Å². The van der Waals surface area contributed by atoms with Crippen LogP contribution >= 0.6 is 11.8 Å². The molecular formula is C18H15FN2OS. The zero-order valence-corrected chi connectivity index (χ0v) is 13.6. The highest BCUT2D eigenvalue weighted by Gasteiger charge is 2.23. The van der Waals surface area contributed by atoms with E-state index in [4.69, 9.17) is 0 Å². The van der Waals surface area contributed by atoms with Crippen LogP contribution in [0.4, 0.5) is 10.1 Å². The number of hydrogen-bond acceptors (Lipinski definition) is 3. The Bertz CT molecular complexity index is 825. The third-order valence-corrected chi connectivity index (χ3v) is 4.53. The van der Waals surface area contributed by atoms with E-state index in [0.717, 1.165) is 22.4 Å². The standard InChI is InChI=1S/C18H15FN2OS/c1-11-4-3-5-15(12(11)2)20-18-21-17(22)16(23-18)10-13-6-8-14(19)9-7-13/h3-10H,1-2H3,(H,20,21,22)/b16-10+. The van der Waals surface area contributed by atoms with Gasteiger partial charge in [-0.05, 0) is 66.6 Å². The average Bonchev–Trinajstić information content (AvgIpc) is 2.86. The highest BCUT2D eigenvalue weighted by atomic mass is 32.2. The van der Waals surface area contributed by atoms with Gasteiger partial charge in [0.15, 0.2) is 5.17 Å². The van der Waals surface area contributed by atoms with Crippen LogP contribution in [0, 0.1) is 19.7 Å². The third-order valence-electron chi connectivity index (χ3n) is 3.62. The number of halogens is 1. The maximum absolute atomic E-state index is 12.9. The first-order valence-electron chi connectivity index (χ1n) is 7.14. The van der Waals surface area contributed by atoms with E-state index in [1.54, 1.807) is 18.2 Å².